The smallest absolute Gasteiger partial charge is 0.0433 e. The summed E-state index contributed by atoms with van der Waals surface area (Å²) in [5, 5.41) is 2.73. The highest BCUT2D eigenvalue weighted by Gasteiger charge is 2.09. The van der Waals surface area contributed by atoms with E-state index in [1.807, 2.05) is 11.3 Å². The van der Waals surface area contributed by atoms with E-state index in [4.69, 9.17) is 0 Å². The Morgan fingerprint density at radius 3 is 2.45 bits per heavy atom. The summed E-state index contributed by atoms with van der Waals surface area (Å²) in [4.78, 5) is 0. The highest BCUT2D eigenvalue weighted by Crippen LogP contribution is 2.39. The fourth-order valence-electron chi connectivity index (χ4n) is 2.79. The van der Waals surface area contributed by atoms with Crippen LogP contribution in [0.25, 0.3) is 31.3 Å². The molecule has 0 spiro atoms. The van der Waals surface area contributed by atoms with Gasteiger partial charge < -0.3 is 0 Å². The molecule has 1 aromatic heterocycles. The maximum absolute atomic E-state index is 2.26. The number of rotatable bonds is 1. The van der Waals surface area contributed by atoms with Crippen LogP contribution in [0.5, 0.6) is 0 Å². The average molecular weight is 274 g/mol. The minimum atomic E-state index is 1.31. The lowest BCUT2D eigenvalue weighted by atomic mass is 10.0. The molecule has 0 atom stereocenters. The van der Waals surface area contributed by atoms with Gasteiger partial charge >= 0.3 is 0 Å². The Labute approximate surface area is 122 Å². The van der Waals surface area contributed by atoms with Crippen molar-refractivity contribution in [2.75, 3.05) is 0 Å². The number of thiophene rings is 1. The van der Waals surface area contributed by atoms with Crippen LogP contribution < -0.4 is 0 Å². The molecule has 0 aliphatic rings. The molecule has 0 saturated heterocycles. The van der Waals surface area contributed by atoms with Gasteiger partial charge in [-0.1, -0.05) is 66.2 Å². The summed E-state index contributed by atoms with van der Waals surface area (Å²) in [7, 11) is 0. The molecule has 0 unspecified atom stereocenters. The van der Waals surface area contributed by atoms with Crippen molar-refractivity contribution < 1.29 is 0 Å². The third kappa shape index (κ3) is 1.75. The van der Waals surface area contributed by atoms with Gasteiger partial charge in [-0.05, 0) is 24.1 Å². The minimum absolute atomic E-state index is 1.31. The van der Waals surface area contributed by atoms with Crippen LogP contribution in [0.15, 0.2) is 66.7 Å². The van der Waals surface area contributed by atoms with E-state index in [2.05, 4.69) is 73.7 Å². The van der Waals surface area contributed by atoms with E-state index in [-0.39, 0.29) is 0 Å². The van der Waals surface area contributed by atoms with Crippen molar-refractivity contribution in [3.05, 3.63) is 72.3 Å². The Kier molecular flexibility index (Phi) is 2.61. The highest BCUT2D eigenvalue weighted by molar-refractivity contribution is 7.26. The third-order valence-electron chi connectivity index (χ3n) is 3.73. The molecule has 20 heavy (non-hydrogen) atoms. The minimum Gasteiger partial charge on any atom is -0.135 e. The largest absolute Gasteiger partial charge is 0.135 e. The topological polar surface area (TPSA) is 0 Å². The number of fused-ring (bicyclic) bond motifs is 3. The summed E-state index contributed by atoms with van der Waals surface area (Å²) in [6.07, 6.45) is 0. The maximum Gasteiger partial charge on any atom is 0.0433 e. The number of benzene rings is 3. The molecule has 0 saturated carbocycles. The van der Waals surface area contributed by atoms with E-state index >= 15 is 0 Å². The summed E-state index contributed by atoms with van der Waals surface area (Å²) in [5.41, 5.74) is 3.95. The highest BCUT2D eigenvalue weighted by atomic mass is 32.1. The summed E-state index contributed by atoms with van der Waals surface area (Å²) in [5.74, 6) is 0. The van der Waals surface area contributed by atoms with Crippen molar-refractivity contribution >= 4 is 31.5 Å². The summed E-state index contributed by atoms with van der Waals surface area (Å²) in [6.45, 7) is 2.15. The van der Waals surface area contributed by atoms with Gasteiger partial charge in [0, 0.05) is 20.2 Å². The van der Waals surface area contributed by atoms with Crippen LogP contribution in [0.3, 0.4) is 0 Å². The molecule has 0 N–H and O–H groups in total. The van der Waals surface area contributed by atoms with Gasteiger partial charge in [0.15, 0.2) is 0 Å². The Balaban J connectivity index is 2.10. The van der Waals surface area contributed by atoms with Crippen molar-refractivity contribution in [1.82, 2.24) is 0 Å². The van der Waals surface area contributed by atoms with Gasteiger partial charge in [0.25, 0.3) is 0 Å². The molecule has 0 aliphatic heterocycles. The first-order valence-corrected chi connectivity index (χ1v) is 7.62. The normalized spacial score (nSPS) is 11.2. The lowest BCUT2D eigenvalue weighted by molar-refractivity contribution is 1.47. The molecule has 1 heterocycles. The quantitative estimate of drug-likeness (QED) is 0.397. The van der Waals surface area contributed by atoms with E-state index < -0.39 is 0 Å². The van der Waals surface area contributed by atoms with Crippen LogP contribution in [-0.2, 0) is 0 Å². The molecule has 96 valence electrons. The zero-order valence-corrected chi connectivity index (χ0v) is 12.1. The Morgan fingerprint density at radius 2 is 1.55 bits per heavy atom. The van der Waals surface area contributed by atoms with Gasteiger partial charge in [0.05, 0.1) is 0 Å². The summed E-state index contributed by atoms with van der Waals surface area (Å²) in [6, 6.07) is 24.0. The molecule has 0 aliphatic carbocycles. The zero-order chi connectivity index (χ0) is 13.5. The molecule has 4 aromatic rings. The SMILES string of the molecule is Cc1cccc(-c2cccc3c2sc2ccccc23)c1. The van der Waals surface area contributed by atoms with Crippen LogP contribution >= 0.6 is 11.3 Å². The van der Waals surface area contributed by atoms with Gasteiger partial charge in [0.1, 0.15) is 0 Å². The molecule has 0 amide bonds. The summed E-state index contributed by atoms with van der Waals surface area (Å²) < 4.78 is 2.75. The van der Waals surface area contributed by atoms with Crippen molar-refractivity contribution in [2.24, 2.45) is 0 Å². The second-order valence-electron chi connectivity index (χ2n) is 5.15. The molecule has 3 aromatic carbocycles. The molecular formula is C19H14S. The fraction of sp³-hybridized carbons (Fsp3) is 0.0526. The third-order valence-corrected chi connectivity index (χ3v) is 4.95. The molecule has 1 heteroatoms. The molecule has 0 bridgehead atoms. The molecule has 0 nitrogen and oxygen atoms in total. The predicted molar refractivity (Wildman–Crippen MR) is 89.5 cm³/mol. The van der Waals surface area contributed by atoms with Gasteiger partial charge in [-0.2, -0.15) is 0 Å². The zero-order valence-electron chi connectivity index (χ0n) is 11.3. The van der Waals surface area contributed by atoms with E-state index in [9.17, 15) is 0 Å². The molecular weight excluding hydrogens is 260 g/mol. The lowest BCUT2D eigenvalue weighted by Gasteiger charge is -2.04. The van der Waals surface area contributed by atoms with Crippen molar-refractivity contribution in [3.8, 4) is 11.1 Å². The first-order chi connectivity index (χ1) is 9.83. The van der Waals surface area contributed by atoms with Crippen molar-refractivity contribution in [2.45, 2.75) is 6.92 Å². The first-order valence-electron chi connectivity index (χ1n) is 6.80. The second kappa shape index (κ2) is 4.46. The van der Waals surface area contributed by atoms with E-state index in [0.29, 0.717) is 0 Å². The fourth-order valence-corrected chi connectivity index (χ4v) is 4.03. The maximum atomic E-state index is 2.26. The molecule has 4 rings (SSSR count). The Morgan fingerprint density at radius 1 is 0.750 bits per heavy atom. The number of hydrogen-bond donors (Lipinski definition) is 0. The molecule has 0 fully saturated rings. The lowest BCUT2D eigenvalue weighted by Crippen LogP contribution is -1.79. The van der Waals surface area contributed by atoms with Gasteiger partial charge in [-0.15, -0.1) is 11.3 Å². The Bertz CT molecular complexity index is 915. The standard InChI is InChI=1S/C19H14S/c1-13-6-4-7-14(12-13)15-9-5-10-17-16-8-2-3-11-18(16)20-19(15)17/h2-12H,1H3. The predicted octanol–water partition coefficient (Wildman–Crippen LogP) is 6.03. The number of hydrogen-bond acceptors (Lipinski definition) is 1. The van der Waals surface area contributed by atoms with E-state index in [1.165, 1.54) is 36.9 Å². The van der Waals surface area contributed by atoms with Crippen molar-refractivity contribution in [1.29, 1.82) is 0 Å². The second-order valence-corrected chi connectivity index (χ2v) is 6.20. The van der Waals surface area contributed by atoms with Crippen molar-refractivity contribution in [3.63, 3.8) is 0 Å². The molecule has 0 radical (unpaired) electrons. The average Bonchev–Trinajstić information content (AvgIpc) is 2.86. The number of aryl methyl sites for hydroxylation is 1. The van der Waals surface area contributed by atoms with Crippen LogP contribution in [0.2, 0.25) is 0 Å². The Hall–Kier alpha value is -2.12. The van der Waals surface area contributed by atoms with Crippen LogP contribution in [0, 0.1) is 6.92 Å². The van der Waals surface area contributed by atoms with Gasteiger partial charge in [-0.25, -0.2) is 0 Å². The van der Waals surface area contributed by atoms with E-state index in [1.54, 1.807) is 0 Å². The first kappa shape index (κ1) is 11.7. The van der Waals surface area contributed by atoms with Crippen LogP contribution in [0.1, 0.15) is 5.56 Å². The summed E-state index contributed by atoms with van der Waals surface area (Å²) >= 11 is 1.89. The van der Waals surface area contributed by atoms with Crippen LogP contribution in [0.4, 0.5) is 0 Å². The van der Waals surface area contributed by atoms with E-state index in [0.717, 1.165) is 0 Å². The van der Waals surface area contributed by atoms with Gasteiger partial charge in [0.2, 0.25) is 0 Å². The monoisotopic (exact) mass is 274 g/mol. The van der Waals surface area contributed by atoms with Crippen LogP contribution in [-0.4, -0.2) is 0 Å². The van der Waals surface area contributed by atoms with Gasteiger partial charge in [-0.3, -0.25) is 0 Å².